The fourth-order valence-electron chi connectivity index (χ4n) is 2.70. The number of rotatable bonds is 2. The molecule has 0 aromatic carbocycles. The molecule has 1 aliphatic rings. The first kappa shape index (κ1) is 11.7. The molecular formula is C14H19N3O. The molecule has 3 heterocycles. The Kier molecular flexibility index (Phi) is 3.30. The lowest BCUT2D eigenvalue weighted by molar-refractivity contribution is 0.207. The Morgan fingerprint density at radius 2 is 2.39 bits per heavy atom. The smallest absolute Gasteiger partial charge is 0.152 e. The van der Waals surface area contributed by atoms with E-state index in [1.807, 2.05) is 19.3 Å². The third-order valence-electron chi connectivity index (χ3n) is 3.78. The van der Waals surface area contributed by atoms with Crippen LogP contribution in [0.2, 0.25) is 0 Å². The van der Waals surface area contributed by atoms with Crippen LogP contribution in [0.1, 0.15) is 30.7 Å². The summed E-state index contributed by atoms with van der Waals surface area (Å²) in [5.74, 6) is 0.543. The molecule has 1 N–H and O–H groups in total. The molecule has 0 unspecified atom stereocenters. The summed E-state index contributed by atoms with van der Waals surface area (Å²) in [5, 5.41) is 2.30. The van der Waals surface area contributed by atoms with E-state index in [0.29, 0.717) is 5.92 Å². The summed E-state index contributed by atoms with van der Waals surface area (Å²) in [6, 6.07) is 4.05. The number of hydrogen-bond acceptors (Lipinski definition) is 4. The lowest BCUT2D eigenvalue weighted by Crippen LogP contribution is -2.37. The monoisotopic (exact) mass is 245 g/mol. The van der Waals surface area contributed by atoms with Crippen LogP contribution < -0.4 is 5.43 Å². The predicted octanol–water partition coefficient (Wildman–Crippen LogP) is 2.53. The molecule has 0 saturated carbocycles. The average molecular weight is 245 g/mol. The zero-order valence-corrected chi connectivity index (χ0v) is 10.7. The minimum Gasteiger partial charge on any atom is -0.463 e. The molecular weight excluding hydrogens is 226 g/mol. The van der Waals surface area contributed by atoms with Crippen LogP contribution in [0.25, 0.3) is 11.1 Å². The number of nitrogens with zero attached hydrogens (tertiary/aromatic N) is 2. The number of furan rings is 1. The number of pyridine rings is 1. The van der Waals surface area contributed by atoms with Gasteiger partial charge in [0.05, 0.1) is 6.26 Å². The fraction of sp³-hybridized carbons (Fsp3) is 0.500. The van der Waals surface area contributed by atoms with Gasteiger partial charge in [-0.05, 0) is 37.4 Å². The highest BCUT2D eigenvalue weighted by molar-refractivity contribution is 5.72. The third-order valence-corrected chi connectivity index (χ3v) is 3.78. The molecule has 1 fully saturated rings. The largest absolute Gasteiger partial charge is 0.463 e. The van der Waals surface area contributed by atoms with Crippen LogP contribution in [-0.4, -0.2) is 30.1 Å². The van der Waals surface area contributed by atoms with Crippen molar-refractivity contribution in [2.45, 2.75) is 25.2 Å². The van der Waals surface area contributed by atoms with Crippen LogP contribution in [0.4, 0.5) is 0 Å². The van der Waals surface area contributed by atoms with Crippen molar-refractivity contribution in [1.29, 1.82) is 0 Å². The second-order valence-corrected chi connectivity index (χ2v) is 4.93. The van der Waals surface area contributed by atoms with Crippen molar-refractivity contribution in [2.24, 2.45) is 0 Å². The van der Waals surface area contributed by atoms with Gasteiger partial charge in [-0.15, -0.1) is 0 Å². The Balaban J connectivity index is 1.87. The van der Waals surface area contributed by atoms with Crippen LogP contribution in [0.5, 0.6) is 0 Å². The Bertz CT molecular complexity index is 522. The first-order chi connectivity index (χ1) is 8.86. The lowest BCUT2D eigenvalue weighted by atomic mass is 9.96. The van der Waals surface area contributed by atoms with Gasteiger partial charge < -0.3 is 4.42 Å². The zero-order chi connectivity index (χ0) is 12.4. The summed E-state index contributed by atoms with van der Waals surface area (Å²) >= 11 is 0. The van der Waals surface area contributed by atoms with Gasteiger partial charge in [0.2, 0.25) is 0 Å². The molecule has 1 saturated heterocycles. The first-order valence-electron chi connectivity index (χ1n) is 6.62. The van der Waals surface area contributed by atoms with E-state index in [1.54, 1.807) is 6.26 Å². The number of nitrogens with one attached hydrogen (secondary N) is 1. The second kappa shape index (κ2) is 5.08. The summed E-state index contributed by atoms with van der Waals surface area (Å²) < 4.78 is 5.44. The van der Waals surface area contributed by atoms with Gasteiger partial charge in [0.1, 0.15) is 5.52 Å². The van der Waals surface area contributed by atoms with Gasteiger partial charge in [-0.3, -0.25) is 10.4 Å². The normalized spacial score (nSPS) is 22.2. The number of fused-ring (bicyclic) bond motifs is 1. The Labute approximate surface area is 107 Å². The molecule has 3 rings (SSSR count). The van der Waals surface area contributed by atoms with Gasteiger partial charge in [0, 0.05) is 25.4 Å². The molecule has 96 valence electrons. The molecule has 0 amide bonds. The standard InChI is InChI=1S/C14H19N3O/c1-15-17-6-3-2-4-11(10-17)12-8-14-13(16-9-12)5-7-18-14/h5,7-9,11,15H,2-4,6,10H2,1H3/t11-/m0/s1. The van der Waals surface area contributed by atoms with Gasteiger partial charge in [-0.1, -0.05) is 6.42 Å². The van der Waals surface area contributed by atoms with E-state index < -0.39 is 0 Å². The fourth-order valence-corrected chi connectivity index (χ4v) is 2.70. The molecule has 18 heavy (non-hydrogen) atoms. The number of hydrogen-bond donors (Lipinski definition) is 1. The van der Waals surface area contributed by atoms with E-state index in [2.05, 4.69) is 21.5 Å². The van der Waals surface area contributed by atoms with E-state index in [0.717, 1.165) is 24.2 Å². The molecule has 4 nitrogen and oxygen atoms in total. The minimum absolute atomic E-state index is 0.543. The first-order valence-corrected chi connectivity index (χ1v) is 6.62. The van der Waals surface area contributed by atoms with Crippen molar-refractivity contribution in [1.82, 2.24) is 15.4 Å². The Morgan fingerprint density at radius 3 is 3.28 bits per heavy atom. The van der Waals surface area contributed by atoms with Crippen molar-refractivity contribution in [3.63, 3.8) is 0 Å². The highest BCUT2D eigenvalue weighted by Gasteiger charge is 2.19. The molecule has 0 radical (unpaired) electrons. The number of hydrazine groups is 1. The third kappa shape index (κ3) is 2.26. The van der Waals surface area contributed by atoms with Gasteiger partial charge in [0.15, 0.2) is 5.58 Å². The molecule has 0 bridgehead atoms. The van der Waals surface area contributed by atoms with Gasteiger partial charge in [-0.2, -0.15) is 0 Å². The second-order valence-electron chi connectivity index (χ2n) is 4.93. The molecule has 2 aromatic heterocycles. The van der Waals surface area contributed by atoms with Crippen LogP contribution >= 0.6 is 0 Å². The SMILES string of the molecule is CNN1CCCC[C@H](c2cnc3ccoc3c2)C1. The van der Waals surface area contributed by atoms with E-state index in [1.165, 1.54) is 24.8 Å². The molecule has 0 aliphatic carbocycles. The zero-order valence-electron chi connectivity index (χ0n) is 10.7. The maximum atomic E-state index is 5.44. The van der Waals surface area contributed by atoms with E-state index in [9.17, 15) is 0 Å². The van der Waals surface area contributed by atoms with E-state index >= 15 is 0 Å². The summed E-state index contributed by atoms with van der Waals surface area (Å²) in [6.45, 7) is 2.17. The molecule has 2 aromatic rings. The molecule has 1 atom stereocenters. The van der Waals surface area contributed by atoms with Crippen molar-refractivity contribution < 1.29 is 4.42 Å². The van der Waals surface area contributed by atoms with Crippen LogP contribution in [-0.2, 0) is 0 Å². The Hall–Kier alpha value is -1.39. The van der Waals surface area contributed by atoms with Gasteiger partial charge >= 0.3 is 0 Å². The van der Waals surface area contributed by atoms with E-state index in [4.69, 9.17) is 4.42 Å². The maximum absolute atomic E-state index is 5.44. The van der Waals surface area contributed by atoms with Gasteiger partial charge in [0.25, 0.3) is 0 Å². The van der Waals surface area contributed by atoms with Crippen LogP contribution in [0.3, 0.4) is 0 Å². The minimum atomic E-state index is 0.543. The molecule has 1 aliphatic heterocycles. The highest BCUT2D eigenvalue weighted by Crippen LogP contribution is 2.27. The molecule has 4 heteroatoms. The predicted molar refractivity (Wildman–Crippen MR) is 71.2 cm³/mol. The molecule has 0 spiro atoms. The Morgan fingerprint density at radius 1 is 1.44 bits per heavy atom. The van der Waals surface area contributed by atoms with Crippen LogP contribution in [0.15, 0.2) is 29.0 Å². The van der Waals surface area contributed by atoms with Crippen LogP contribution in [0, 0.1) is 0 Å². The maximum Gasteiger partial charge on any atom is 0.152 e. The van der Waals surface area contributed by atoms with E-state index in [-0.39, 0.29) is 0 Å². The summed E-state index contributed by atoms with van der Waals surface area (Å²) in [5.41, 5.74) is 6.40. The van der Waals surface area contributed by atoms with Crippen molar-refractivity contribution in [2.75, 3.05) is 20.1 Å². The highest BCUT2D eigenvalue weighted by atomic mass is 16.3. The summed E-state index contributed by atoms with van der Waals surface area (Å²) in [7, 11) is 2.00. The summed E-state index contributed by atoms with van der Waals surface area (Å²) in [4.78, 5) is 4.47. The number of aromatic nitrogens is 1. The average Bonchev–Trinajstić information content (AvgIpc) is 2.74. The van der Waals surface area contributed by atoms with Gasteiger partial charge in [-0.25, -0.2) is 5.01 Å². The lowest BCUT2D eigenvalue weighted by Gasteiger charge is -2.23. The summed E-state index contributed by atoms with van der Waals surface area (Å²) in [6.07, 6.45) is 7.47. The quantitative estimate of drug-likeness (QED) is 0.882. The van der Waals surface area contributed by atoms with Crippen molar-refractivity contribution >= 4 is 11.1 Å². The topological polar surface area (TPSA) is 41.3 Å². The van der Waals surface area contributed by atoms with Crippen molar-refractivity contribution in [3.8, 4) is 0 Å². The van der Waals surface area contributed by atoms with Crippen molar-refractivity contribution in [3.05, 3.63) is 30.2 Å².